The summed E-state index contributed by atoms with van der Waals surface area (Å²) in [7, 11) is 1.89. The molecule has 0 fully saturated rings. The van der Waals surface area contributed by atoms with Crippen LogP contribution in [0.15, 0.2) is 16.6 Å². The normalized spacial score (nSPS) is 11.7. The van der Waals surface area contributed by atoms with Crippen LogP contribution in [0.25, 0.3) is 10.7 Å². The number of halogens is 1. The number of anilines is 1. The van der Waals surface area contributed by atoms with Crippen LogP contribution >= 0.6 is 27.3 Å². The van der Waals surface area contributed by atoms with E-state index < -0.39 is 0 Å². The van der Waals surface area contributed by atoms with Crippen molar-refractivity contribution in [1.29, 1.82) is 0 Å². The van der Waals surface area contributed by atoms with E-state index in [-0.39, 0.29) is 5.41 Å². The first-order chi connectivity index (χ1) is 9.86. The number of hydrogen-bond acceptors (Lipinski definition) is 4. The fourth-order valence-corrected chi connectivity index (χ4v) is 3.60. The molecule has 0 bridgehead atoms. The van der Waals surface area contributed by atoms with Crippen molar-refractivity contribution in [3.05, 3.63) is 27.2 Å². The summed E-state index contributed by atoms with van der Waals surface area (Å²) in [5.41, 5.74) is 1.23. The van der Waals surface area contributed by atoms with Crippen LogP contribution in [-0.4, -0.2) is 17.0 Å². The fourth-order valence-electron chi connectivity index (χ4n) is 2.03. The lowest BCUT2D eigenvalue weighted by Crippen LogP contribution is -2.07. The molecule has 0 aromatic carbocycles. The fraction of sp³-hybridized carbons (Fsp3) is 0.500. The van der Waals surface area contributed by atoms with E-state index in [2.05, 4.69) is 66.1 Å². The van der Waals surface area contributed by atoms with Gasteiger partial charge in [-0.2, -0.15) is 0 Å². The molecule has 1 N–H and O–H groups in total. The Morgan fingerprint density at radius 2 is 1.95 bits per heavy atom. The van der Waals surface area contributed by atoms with Gasteiger partial charge in [-0.3, -0.25) is 0 Å². The summed E-state index contributed by atoms with van der Waals surface area (Å²) in [4.78, 5) is 11.9. The second-order valence-corrected chi connectivity index (χ2v) is 7.95. The molecule has 0 atom stereocenters. The summed E-state index contributed by atoms with van der Waals surface area (Å²) < 4.78 is 0.975. The molecule has 0 saturated heterocycles. The zero-order chi connectivity index (χ0) is 15.6. The largest absolute Gasteiger partial charge is 0.372 e. The average Bonchev–Trinajstić information content (AvgIpc) is 2.91. The van der Waals surface area contributed by atoms with Gasteiger partial charge in [-0.1, -0.05) is 34.1 Å². The Labute approximate surface area is 139 Å². The first kappa shape index (κ1) is 16.4. The highest BCUT2D eigenvalue weighted by Crippen LogP contribution is 2.35. The van der Waals surface area contributed by atoms with Crippen LogP contribution in [0.5, 0.6) is 0 Å². The Morgan fingerprint density at radius 1 is 1.24 bits per heavy atom. The van der Waals surface area contributed by atoms with Crippen molar-refractivity contribution in [3.8, 4) is 10.7 Å². The molecule has 0 aliphatic carbocycles. The van der Waals surface area contributed by atoms with Crippen LogP contribution in [-0.2, 0) is 11.8 Å². The van der Waals surface area contributed by atoms with Gasteiger partial charge in [0.1, 0.15) is 5.82 Å². The molecule has 3 nitrogen and oxygen atoms in total. The van der Waals surface area contributed by atoms with Crippen molar-refractivity contribution in [3.63, 3.8) is 0 Å². The van der Waals surface area contributed by atoms with Gasteiger partial charge in [0.2, 0.25) is 0 Å². The summed E-state index contributed by atoms with van der Waals surface area (Å²) in [5.74, 6) is 1.67. The van der Waals surface area contributed by atoms with Crippen molar-refractivity contribution in [2.24, 2.45) is 0 Å². The molecule has 21 heavy (non-hydrogen) atoms. The van der Waals surface area contributed by atoms with Gasteiger partial charge in [-0.05, 0) is 39.9 Å². The molecule has 0 aliphatic heterocycles. The quantitative estimate of drug-likeness (QED) is 0.800. The molecule has 0 aliphatic rings. The van der Waals surface area contributed by atoms with Crippen LogP contribution in [0.1, 0.15) is 44.7 Å². The predicted octanol–water partition coefficient (Wildman–Crippen LogP) is 5.26. The van der Waals surface area contributed by atoms with E-state index in [1.54, 1.807) is 11.3 Å². The summed E-state index contributed by atoms with van der Waals surface area (Å²) in [6, 6.07) is 4.31. The lowest BCUT2D eigenvalue weighted by molar-refractivity contribution is 0.604. The molecule has 114 valence electrons. The Bertz CT molecular complexity index is 629. The van der Waals surface area contributed by atoms with E-state index in [1.165, 1.54) is 4.88 Å². The molecule has 0 spiro atoms. The lowest BCUT2D eigenvalue weighted by atomic mass is 9.95. The smallest absolute Gasteiger partial charge is 0.171 e. The first-order valence-corrected chi connectivity index (χ1v) is 8.82. The minimum atomic E-state index is 0.163. The zero-order valence-electron chi connectivity index (χ0n) is 13.2. The van der Waals surface area contributed by atoms with Crippen LogP contribution < -0.4 is 5.32 Å². The van der Waals surface area contributed by atoms with Gasteiger partial charge in [-0.25, -0.2) is 9.97 Å². The average molecular weight is 368 g/mol. The van der Waals surface area contributed by atoms with Crippen LogP contribution in [0.3, 0.4) is 0 Å². The molecule has 0 unspecified atom stereocenters. The molecule has 0 amide bonds. The Balaban J connectivity index is 2.48. The Morgan fingerprint density at radius 3 is 2.48 bits per heavy atom. The van der Waals surface area contributed by atoms with Crippen molar-refractivity contribution in [2.75, 3.05) is 12.4 Å². The highest BCUT2D eigenvalue weighted by Gasteiger charge is 2.19. The van der Waals surface area contributed by atoms with Gasteiger partial charge in [0, 0.05) is 11.9 Å². The number of aryl methyl sites for hydroxylation is 1. The number of nitrogens with one attached hydrogen (secondary N) is 1. The van der Waals surface area contributed by atoms with Gasteiger partial charge in [0.25, 0.3) is 0 Å². The van der Waals surface area contributed by atoms with Crippen LogP contribution in [0, 0.1) is 0 Å². The van der Waals surface area contributed by atoms with E-state index in [4.69, 9.17) is 4.98 Å². The van der Waals surface area contributed by atoms with Gasteiger partial charge in [0.05, 0.1) is 15.0 Å². The summed E-state index contributed by atoms with van der Waals surface area (Å²) in [5, 5.41) is 3.15. The predicted molar refractivity (Wildman–Crippen MR) is 95.3 cm³/mol. The van der Waals surface area contributed by atoms with E-state index in [0.717, 1.165) is 39.5 Å². The maximum absolute atomic E-state index is 4.75. The Hall–Kier alpha value is -0.940. The van der Waals surface area contributed by atoms with E-state index >= 15 is 0 Å². The van der Waals surface area contributed by atoms with E-state index in [1.807, 2.05) is 7.05 Å². The van der Waals surface area contributed by atoms with Crippen LogP contribution in [0.2, 0.25) is 0 Å². The number of nitrogens with zero attached hydrogens (tertiary/aromatic N) is 2. The SMILES string of the molecule is CCCc1nc(-c2ccc(C(C)(C)C)s2)nc(NC)c1Br. The number of aromatic nitrogens is 2. The molecule has 5 heteroatoms. The Kier molecular flexibility index (Phi) is 5.04. The second kappa shape index (κ2) is 6.44. The number of hydrogen-bond donors (Lipinski definition) is 1. The topological polar surface area (TPSA) is 37.8 Å². The van der Waals surface area contributed by atoms with Gasteiger partial charge in [0.15, 0.2) is 5.82 Å². The zero-order valence-corrected chi connectivity index (χ0v) is 15.7. The molecule has 0 saturated carbocycles. The molecule has 0 radical (unpaired) electrons. The highest BCUT2D eigenvalue weighted by molar-refractivity contribution is 9.10. The van der Waals surface area contributed by atoms with Gasteiger partial charge in [-0.15, -0.1) is 11.3 Å². The summed E-state index contributed by atoms with van der Waals surface area (Å²) in [6.07, 6.45) is 2.01. The molecular formula is C16H22BrN3S. The van der Waals surface area contributed by atoms with Crippen molar-refractivity contribution >= 4 is 33.1 Å². The van der Waals surface area contributed by atoms with E-state index in [9.17, 15) is 0 Å². The maximum Gasteiger partial charge on any atom is 0.171 e. The number of rotatable bonds is 4. The summed E-state index contributed by atoms with van der Waals surface area (Å²) >= 11 is 5.38. The summed E-state index contributed by atoms with van der Waals surface area (Å²) in [6.45, 7) is 8.85. The second-order valence-electron chi connectivity index (χ2n) is 6.07. The van der Waals surface area contributed by atoms with Crippen molar-refractivity contribution in [2.45, 2.75) is 46.0 Å². The number of thiophene rings is 1. The molecule has 2 heterocycles. The van der Waals surface area contributed by atoms with E-state index in [0.29, 0.717) is 0 Å². The maximum atomic E-state index is 4.75. The van der Waals surface area contributed by atoms with Crippen LogP contribution in [0.4, 0.5) is 5.82 Å². The molecule has 2 aromatic heterocycles. The minimum absolute atomic E-state index is 0.163. The standard InChI is InChI=1S/C16H22BrN3S/c1-6-7-10-13(17)15(18-5)20-14(19-10)11-8-9-12(21-11)16(2,3)4/h8-9H,6-7H2,1-5H3,(H,18,19,20). The molecular weight excluding hydrogens is 346 g/mol. The first-order valence-electron chi connectivity index (χ1n) is 7.21. The van der Waals surface area contributed by atoms with Gasteiger partial charge >= 0.3 is 0 Å². The minimum Gasteiger partial charge on any atom is -0.372 e. The third kappa shape index (κ3) is 3.64. The van der Waals surface area contributed by atoms with Gasteiger partial charge < -0.3 is 5.32 Å². The van der Waals surface area contributed by atoms with Crippen molar-refractivity contribution < 1.29 is 0 Å². The molecule has 2 rings (SSSR count). The lowest BCUT2D eigenvalue weighted by Gasteiger charge is -2.15. The monoisotopic (exact) mass is 367 g/mol. The highest BCUT2D eigenvalue weighted by atomic mass is 79.9. The molecule has 2 aromatic rings. The van der Waals surface area contributed by atoms with Crippen molar-refractivity contribution in [1.82, 2.24) is 9.97 Å². The third-order valence-corrected chi connectivity index (χ3v) is 5.55. The third-order valence-electron chi connectivity index (χ3n) is 3.21.